The van der Waals surface area contributed by atoms with Crippen LogP contribution in [0.25, 0.3) is 11.1 Å². The molecule has 5 nitrogen and oxygen atoms in total. The molecular formula is C12H10N2O3S. The van der Waals surface area contributed by atoms with E-state index in [4.69, 9.17) is 20.9 Å². The first kappa shape index (κ1) is 10.9. The van der Waals surface area contributed by atoms with Gasteiger partial charge >= 0.3 is 0 Å². The van der Waals surface area contributed by atoms with Crippen LogP contribution in [0.1, 0.15) is 10.4 Å². The van der Waals surface area contributed by atoms with E-state index in [0.29, 0.717) is 22.1 Å². The van der Waals surface area contributed by atoms with Crippen LogP contribution in [-0.2, 0) is 0 Å². The number of amides is 1. The Balaban J connectivity index is 2.13. The van der Waals surface area contributed by atoms with Crippen LogP contribution in [0.3, 0.4) is 0 Å². The van der Waals surface area contributed by atoms with Gasteiger partial charge in [-0.15, -0.1) is 11.3 Å². The number of hydrogen-bond acceptors (Lipinski definition) is 5. The lowest BCUT2D eigenvalue weighted by atomic mass is 10.0. The van der Waals surface area contributed by atoms with Gasteiger partial charge in [-0.25, -0.2) is 0 Å². The highest BCUT2D eigenvalue weighted by atomic mass is 32.1. The Morgan fingerprint density at radius 1 is 1.28 bits per heavy atom. The smallest absolute Gasteiger partial charge is 0.252 e. The molecule has 0 aliphatic carbocycles. The van der Waals surface area contributed by atoms with Crippen molar-refractivity contribution in [1.82, 2.24) is 0 Å². The van der Waals surface area contributed by atoms with Crippen molar-refractivity contribution in [1.29, 1.82) is 0 Å². The van der Waals surface area contributed by atoms with Crippen LogP contribution in [0.5, 0.6) is 11.5 Å². The predicted molar refractivity (Wildman–Crippen MR) is 68.8 cm³/mol. The number of nitrogens with two attached hydrogens (primary N) is 2. The molecule has 0 unspecified atom stereocenters. The molecule has 3 rings (SSSR count). The molecule has 0 atom stereocenters. The van der Waals surface area contributed by atoms with E-state index in [2.05, 4.69) is 0 Å². The molecule has 1 aliphatic heterocycles. The molecule has 2 aromatic rings. The quantitative estimate of drug-likeness (QED) is 0.864. The average Bonchev–Trinajstić information content (AvgIpc) is 2.93. The van der Waals surface area contributed by atoms with Crippen LogP contribution in [0.4, 0.5) is 5.00 Å². The number of nitrogen functional groups attached to an aromatic ring is 1. The number of carbonyl (C=O) groups is 1. The number of thiophene rings is 1. The summed E-state index contributed by atoms with van der Waals surface area (Å²) in [5, 5.41) is 2.24. The number of anilines is 1. The lowest BCUT2D eigenvalue weighted by molar-refractivity contribution is 0.100. The van der Waals surface area contributed by atoms with Crippen LogP contribution < -0.4 is 20.9 Å². The highest BCUT2D eigenvalue weighted by Crippen LogP contribution is 2.39. The minimum Gasteiger partial charge on any atom is -0.454 e. The third kappa shape index (κ3) is 1.58. The molecule has 0 saturated heterocycles. The third-order valence-corrected chi connectivity index (χ3v) is 3.56. The molecule has 0 fully saturated rings. The summed E-state index contributed by atoms with van der Waals surface area (Å²) in [6.07, 6.45) is 0. The summed E-state index contributed by atoms with van der Waals surface area (Å²) in [6, 6.07) is 5.47. The normalized spacial score (nSPS) is 12.7. The number of rotatable bonds is 2. The van der Waals surface area contributed by atoms with Crippen LogP contribution in [-0.4, -0.2) is 12.7 Å². The van der Waals surface area contributed by atoms with E-state index in [9.17, 15) is 4.79 Å². The molecule has 92 valence electrons. The number of hydrogen-bond donors (Lipinski definition) is 2. The summed E-state index contributed by atoms with van der Waals surface area (Å²) in [4.78, 5) is 11.4. The van der Waals surface area contributed by atoms with Gasteiger partial charge in [0.2, 0.25) is 6.79 Å². The number of primary amides is 1. The Bertz CT molecular complexity index is 636. The summed E-state index contributed by atoms with van der Waals surface area (Å²) < 4.78 is 10.5. The first-order valence-corrected chi connectivity index (χ1v) is 6.11. The Hall–Kier alpha value is -2.21. The van der Waals surface area contributed by atoms with Crippen molar-refractivity contribution < 1.29 is 14.3 Å². The van der Waals surface area contributed by atoms with E-state index in [1.54, 1.807) is 6.07 Å². The SMILES string of the molecule is NC(=O)c1c(-c2ccc3c(c2)OCO3)csc1N. The fourth-order valence-electron chi connectivity index (χ4n) is 1.90. The summed E-state index contributed by atoms with van der Waals surface area (Å²) in [7, 11) is 0. The number of carbonyl (C=O) groups excluding carboxylic acids is 1. The van der Waals surface area contributed by atoms with Crippen LogP contribution in [0.2, 0.25) is 0 Å². The monoisotopic (exact) mass is 262 g/mol. The van der Waals surface area contributed by atoms with E-state index < -0.39 is 5.91 Å². The molecule has 0 saturated carbocycles. The molecule has 0 bridgehead atoms. The van der Waals surface area contributed by atoms with E-state index in [0.717, 1.165) is 11.1 Å². The summed E-state index contributed by atoms with van der Waals surface area (Å²) in [6.45, 7) is 0.216. The third-order valence-electron chi connectivity index (χ3n) is 2.75. The van der Waals surface area contributed by atoms with Gasteiger partial charge in [0, 0.05) is 10.9 Å². The van der Waals surface area contributed by atoms with E-state index in [1.807, 2.05) is 17.5 Å². The Kier molecular flexibility index (Phi) is 2.38. The highest BCUT2D eigenvalue weighted by Gasteiger charge is 2.19. The molecule has 1 aliphatic rings. The van der Waals surface area contributed by atoms with Crippen molar-refractivity contribution in [3.8, 4) is 22.6 Å². The van der Waals surface area contributed by atoms with Gasteiger partial charge in [0.25, 0.3) is 5.91 Å². The van der Waals surface area contributed by atoms with Crippen molar-refractivity contribution in [2.45, 2.75) is 0 Å². The minimum absolute atomic E-state index is 0.216. The topological polar surface area (TPSA) is 87.6 Å². The molecule has 18 heavy (non-hydrogen) atoms. The molecule has 1 aromatic carbocycles. The fourth-order valence-corrected chi connectivity index (χ4v) is 2.73. The standard InChI is InChI=1S/C12H10N2O3S/c13-11(15)10-7(4-18-12(10)14)6-1-2-8-9(3-6)17-5-16-8/h1-4H,5,14H2,(H2,13,15). The second kappa shape index (κ2) is 3.92. The van der Waals surface area contributed by atoms with Gasteiger partial charge in [-0.3, -0.25) is 4.79 Å². The molecule has 1 aromatic heterocycles. The van der Waals surface area contributed by atoms with Crippen molar-refractivity contribution in [3.63, 3.8) is 0 Å². The molecular weight excluding hydrogens is 252 g/mol. The number of ether oxygens (including phenoxy) is 2. The predicted octanol–water partition coefficient (Wildman–Crippen LogP) is 1.82. The molecule has 0 spiro atoms. The van der Waals surface area contributed by atoms with Crippen LogP contribution in [0.15, 0.2) is 23.6 Å². The van der Waals surface area contributed by atoms with E-state index in [1.165, 1.54) is 11.3 Å². The van der Waals surface area contributed by atoms with Crippen LogP contribution >= 0.6 is 11.3 Å². The second-order valence-corrected chi connectivity index (χ2v) is 4.73. The number of fused-ring (bicyclic) bond motifs is 1. The summed E-state index contributed by atoms with van der Waals surface area (Å²) in [5.41, 5.74) is 13.0. The van der Waals surface area contributed by atoms with Gasteiger partial charge in [-0.2, -0.15) is 0 Å². The maximum atomic E-state index is 11.4. The first-order valence-electron chi connectivity index (χ1n) is 5.23. The van der Waals surface area contributed by atoms with E-state index in [-0.39, 0.29) is 6.79 Å². The fraction of sp³-hybridized carbons (Fsp3) is 0.0833. The molecule has 0 radical (unpaired) electrons. The second-order valence-electron chi connectivity index (χ2n) is 3.82. The lowest BCUT2D eigenvalue weighted by Gasteiger charge is -2.03. The highest BCUT2D eigenvalue weighted by molar-refractivity contribution is 7.15. The Morgan fingerprint density at radius 2 is 2.06 bits per heavy atom. The lowest BCUT2D eigenvalue weighted by Crippen LogP contribution is -2.12. The van der Waals surface area contributed by atoms with Gasteiger partial charge in [0.1, 0.15) is 0 Å². The zero-order valence-corrected chi connectivity index (χ0v) is 10.1. The average molecular weight is 262 g/mol. The Morgan fingerprint density at radius 3 is 2.83 bits per heavy atom. The molecule has 1 amide bonds. The van der Waals surface area contributed by atoms with Crippen molar-refractivity contribution >= 4 is 22.2 Å². The maximum Gasteiger partial charge on any atom is 0.252 e. The van der Waals surface area contributed by atoms with Crippen LogP contribution in [0, 0.1) is 0 Å². The van der Waals surface area contributed by atoms with Gasteiger partial charge in [-0.05, 0) is 17.7 Å². The largest absolute Gasteiger partial charge is 0.454 e. The van der Waals surface area contributed by atoms with Gasteiger partial charge in [0.05, 0.1) is 10.6 Å². The van der Waals surface area contributed by atoms with Gasteiger partial charge in [0.15, 0.2) is 11.5 Å². The zero-order chi connectivity index (χ0) is 12.7. The zero-order valence-electron chi connectivity index (χ0n) is 9.30. The van der Waals surface area contributed by atoms with Crippen molar-refractivity contribution in [2.24, 2.45) is 5.73 Å². The molecule has 2 heterocycles. The molecule has 6 heteroatoms. The van der Waals surface area contributed by atoms with E-state index >= 15 is 0 Å². The van der Waals surface area contributed by atoms with Crippen molar-refractivity contribution in [2.75, 3.05) is 12.5 Å². The Labute approximate surface area is 107 Å². The minimum atomic E-state index is -0.526. The van der Waals surface area contributed by atoms with Gasteiger partial charge in [-0.1, -0.05) is 6.07 Å². The van der Waals surface area contributed by atoms with Gasteiger partial charge < -0.3 is 20.9 Å². The summed E-state index contributed by atoms with van der Waals surface area (Å²) >= 11 is 1.29. The molecule has 4 N–H and O–H groups in total. The first-order chi connectivity index (χ1) is 8.66. The van der Waals surface area contributed by atoms with Crippen molar-refractivity contribution in [3.05, 3.63) is 29.1 Å². The number of benzene rings is 1. The maximum absolute atomic E-state index is 11.4. The summed E-state index contributed by atoms with van der Waals surface area (Å²) in [5.74, 6) is 0.830.